The third-order valence-electron chi connectivity index (χ3n) is 1.66. The Bertz CT molecular complexity index is 66.6. The number of hydrogen-bond acceptors (Lipinski definition) is 2. The molecule has 1 atom stereocenters. The van der Waals surface area contributed by atoms with Crippen molar-refractivity contribution in [2.45, 2.75) is 12.8 Å². The van der Waals surface area contributed by atoms with Crippen molar-refractivity contribution >= 4 is 11.8 Å². The van der Waals surface area contributed by atoms with Crippen molar-refractivity contribution in [1.82, 2.24) is 0 Å². The number of rotatable bonds is 2. The van der Waals surface area contributed by atoms with Crippen LogP contribution < -0.4 is 0 Å². The van der Waals surface area contributed by atoms with Crippen molar-refractivity contribution < 1.29 is 4.74 Å². The van der Waals surface area contributed by atoms with Crippen LogP contribution >= 0.6 is 11.8 Å². The Labute approximate surface area is 61.2 Å². The molecule has 2 heteroatoms. The third kappa shape index (κ3) is 2.59. The summed E-state index contributed by atoms with van der Waals surface area (Å²) in [6.07, 6.45) is 4.81. The molecule has 1 aliphatic heterocycles. The topological polar surface area (TPSA) is 9.23 Å². The van der Waals surface area contributed by atoms with E-state index in [0.717, 1.165) is 19.1 Å². The van der Waals surface area contributed by atoms with Gasteiger partial charge < -0.3 is 4.74 Å². The fraction of sp³-hybridized carbons (Fsp3) is 1.00. The monoisotopic (exact) mass is 146 g/mol. The minimum Gasteiger partial charge on any atom is -0.381 e. The predicted octanol–water partition coefficient (Wildman–Crippen LogP) is 1.78. The molecule has 0 aromatic heterocycles. The first kappa shape index (κ1) is 7.42. The zero-order chi connectivity index (χ0) is 6.53. The van der Waals surface area contributed by atoms with Crippen LogP contribution in [0.15, 0.2) is 0 Å². The first-order valence-electron chi connectivity index (χ1n) is 3.50. The number of ether oxygens (including phenoxy) is 1. The summed E-state index contributed by atoms with van der Waals surface area (Å²) < 4.78 is 5.32. The summed E-state index contributed by atoms with van der Waals surface area (Å²) in [6.45, 7) is 1.99. The van der Waals surface area contributed by atoms with Gasteiger partial charge in [-0.15, -0.1) is 0 Å². The van der Waals surface area contributed by atoms with Gasteiger partial charge in [-0.2, -0.15) is 11.8 Å². The molecular formula is C7H14OS. The van der Waals surface area contributed by atoms with Crippen LogP contribution in [0.25, 0.3) is 0 Å². The lowest BCUT2D eigenvalue weighted by atomic mass is 10.1. The predicted molar refractivity (Wildman–Crippen MR) is 41.9 cm³/mol. The molecule has 0 aromatic carbocycles. The molecule has 9 heavy (non-hydrogen) atoms. The van der Waals surface area contributed by atoms with Gasteiger partial charge in [0, 0.05) is 6.61 Å². The lowest BCUT2D eigenvalue weighted by Gasteiger charge is -2.20. The van der Waals surface area contributed by atoms with Crippen molar-refractivity contribution in [2.24, 2.45) is 5.92 Å². The van der Waals surface area contributed by atoms with Crippen molar-refractivity contribution in [3.63, 3.8) is 0 Å². The van der Waals surface area contributed by atoms with E-state index in [1.165, 1.54) is 18.6 Å². The molecule has 0 bridgehead atoms. The Hall–Kier alpha value is 0.310. The van der Waals surface area contributed by atoms with Gasteiger partial charge in [-0.1, -0.05) is 0 Å². The fourth-order valence-corrected chi connectivity index (χ4v) is 1.91. The first-order chi connectivity index (χ1) is 4.43. The second kappa shape index (κ2) is 4.18. The Kier molecular flexibility index (Phi) is 3.44. The Morgan fingerprint density at radius 3 is 3.11 bits per heavy atom. The summed E-state index contributed by atoms with van der Waals surface area (Å²) in [5, 5.41) is 0. The van der Waals surface area contributed by atoms with E-state index in [2.05, 4.69) is 6.26 Å². The van der Waals surface area contributed by atoms with Crippen molar-refractivity contribution in [2.75, 3.05) is 25.2 Å². The SMILES string of the molecule is CSCC1CCCOC1. The van der Waals surface area contributed by atoms with Crippen LogP contribution in [0.5, 0.6) is 0 Å². The molecule has 0 radical (unpaired) electrons. The summed E-state index contributed by atoms with van der Waals surface area (Å²) >= 11 is 1.93. The molecule has 1 aliphatic rings. The van der Waals surface area contributed by atoms with E-state index in [1.54, 1.807) is 0 Å². The van der Waals surface area contributed by atoms with Crippen LogP contribution in [0, 0.1) is 5.92 Å². The van der Waals surface area contributed by atoms with Gasteiger partial charge in [-0.3, -0.25) is 0 Å². The molecule has 0 amide bonds. The minimum atomic E-state index is 0.841. The standard InChI is InChI=1S/C7H14OS/c1-9-6-7-3-2-4-8-5-7/h7H,2-6H2,1H3. The summed E-state index contributed by atoms with van der Waals surface area (Å²) in [5.74, 6) is 2.12. The van der Waals surface area contributed by atoms with Gasteiger partial charge in [0.25, 0.3) is 0 Å². The van der Waals surface area contributed by atoms with Gasteiger partial charge in [-0.05, 0) is 30.8 Å². The highest BCUT2D eigenvalue weighted by Crippen LogP contribution is 2.16. The Balaban J connectivity index is 2.08. The van der Waals surface area contributed by atoms with Gasteiger partial charge >= 0.3 is 0 Å². The molecule has 0 spiro atoms. The molecule has 0 aromatic rings. The lowest BCUT2D eigenvalue weighted by Crippen LogP contribution is -2.18. The van der Waals surface area contributed by atoms with Gasteiger partial charge in [0.2, 0.25) is 0 Å². The van der Waals surface area contributed by atoms with E-state index in [0.29, 0.717) is 0 Å². The lowest BCUT2D eigenvalue weighted by molar-refractivity contribution is 0.0632. The highest BCUT2D eigenvalue weighted by atomic mass is 32.2. The van der Waals surface area contributed by atoms with Gasteiger partial charge in [0.15, 0.2) is 0 Å². The van der Waals surface area contributed by atoms with Gasteiger partial charge in [0.05, 0.1) is 6.61 Å². The smallest absolute Gasteiger partial charge is 0.0502 e. The maximum absolute atomic E-state index is 5.32. The molecule has 1 nitrogen and oxygen atoms in total. The minimum absolute atomic E-state index is 0.841. The zero-order valence-electron chi connectivity index (χ0n) is 5.93. The second-order valence-corrected chi connectivity index (χ2v) is 3.45. The zero-order valence-corrected chi connectivity index (χ0v) is 6.75. The van der Waals surface area contributed by atoms with E-state index < -0.39 is 0 Å². The quantitative estimate of drug-likeness (QED) is 0.587. The number of hydrogen-bond donors (Lipinski definition) is 0. The van der Waals surface area contributed by atoms with Crippen LogP contribution in [0.4, 0.5) is 0 Å². The average Bonchev–Trinajstić information content (AvgIpc) is 1.91. The van der Waals surface area contributed by atoms with E-state index >= 15 is 0 Å². The third-order valence-corrected chi connectivity index (χ3v) is 2.46. The van der Waals surface area contributed by atoms with Crippen molar-refractivity contribution in [3.05, 3.63) is 0 Å². The fourth-order valence-electron chi connectivity index (χ4n) is 1.17. The molecule has 0 aliphatic carbocycles. The normalized spacial score (nSPS) is 28.3. The van der Waals surface area contributed by atoms with E-state index in [4.69, 9.17) is 4.74 Å². The van der Waals surface area contributed by atoms with Crippen LogP contribution in [0.3, 0.4) is 0 Å². The van der Waals surface area contributed by atoms with Crippen molar-refractivity contribution in [3.8, 4) is 0 Å². The maximum atomic E-state index is 5.32. The van der Waals surface area contributed by atoms with E-state index in [-0.39, 0.29) is 0 Å². The van der Waals surface area contributed by atoms with Crippen LogP contribution in [0.2, 0.25) is 0 Å². The number of thioether (sulfide) groups is 1. The Morgan fingerprint density at radius 2 is 2.56 bits per heavy atom. The first-order valence-corrected chi connectivity index (χ1v) is 4.89. The van der Waals surface area contributed by atoms with E-state index in [1.807, 2.05) is 11.8 Å². The van der Waals surface area contributed by atoms with E-state index in [9.17, 15) is 0 Å². The van der Waals surface area contributed by atoms with Crippen LogP contribution in [-0.2, 0) is 4.74 Å². The molecule has 54 valence electrons. The molecule has 1 fully saturated rings. The molecule has 0 N–H and O–H groups in total. The maximum Gasteiger partial charge on any atom is 0.0502 e. The van der Waals surface area contributed by atoms with Crippen LogP contribution in [-0.4, -0.2) is 25.2 Å². The summed E-state index contributed by atoms with van der Waals surface area (Å²) in [7, 11) is 0. The molecule has 0 saturated carbocycles. The molecule has 1 saturated heterocycles. The summed E-state index contributed by atoms with van der Waals surface area (Å²) in [4.78, 5) is 0. The second-order valence-electron chi connectivity index (χ2n) is 2.54. The summed E-state index contributed by atoms with van der Waals surface area (Å²) in [6, 6.07) is 0. The largest absolute Gasteiger partial charge is 0.381 e. The highest BCUT2D eigenvalue weighted by Gasteiger charge is 2.11. The molecule has 1 unspecified atom stereocenters. The van der Waals surface area contributed by atoms with Crippen LogP contribution in [0.1, 0.15) is 12.8 Å². The Morgan fingerprint density at radius 1 is 1.67 bits per heavy atom. The van der Waals surface area contributed by atoms with Gasteiger partial charge in [0.1, 0.15) is 0 Å². The molecule has 1 rings (SSSR count). The highest BCUT2D eigenvalue weighted by molar-refractivity contribution is 7.98. The van der Waals surface area contributed by atoms with Gasteiger partial charge in [-0.25, -0.2) is 0 Å². The molecular weight excluding hydrogens is 132 g/mol. The average molecular weight is 146 g/mol. The van der Waals surface area contributed by atoms with Crippen molar-refractivity contribution in [1.29, 1.82) is 0 Å². The molecule has 1 heterocycles. The summed E-state index contributed by atoms with van der Waals surface area (Å²) in [5.41, 5.74) is 0.